The van der Waals surface area contributed by atoms with Gasteiger partial charge in [-0.1, -0.05) is 14.9 Å². The molecule has 0 amide bonds. The SMILES string of the molecule is C.C.CC(C)(C)/[N+]([O-])=C/c1ccc(S(=O)(=O)[O-])cc1S(=O)(=O)[O-]. The van der Waals surface area contributed by atoms with Crippen molar-refractivity contribution in [3.63, 3.8) is 0 Å². The van der Waals surface area contributed by atoms with Crippen LogP contribution in [0.15, 0.2) is 28.0 Å². The predicted molar refractivity (Wildman–Crippen MR) is 84.4 cm³/mol. The Kier molecular flexibility index (Phi) is 7.63. The molecule has 134 valence electrons. The summed E-state index contributed by atoms with van der Waals surface area (Å²) in [6.45, 7) is 4.66. The summed E-state index contributed by atoms with van der Waals surface area (Å²) < 4.78 is 66.5. The fourth-order valence-electron chi connectivity index (χ4n) is 1.31. The predicted octanol–water partition coefficient (Wildman–Crippen LogP) is 1.49. The van der Waals surface area contributed by atoms with E-state index in [1.54, 1.807) is 20.8 Å². The molecule has 0 heterocycles. The summed E-state index contributed by atoms with van der Waals surface area (Å²) in [5, 5.41) is 11.8. The third-order valence-corrected chi connectivity index (χ3v) is 4.18. The van der Waals surface area contributed by atoms with E-state index >= 15 is 0 Å². The van der Waals surface area contributed by atoms with E-state index in [9.17, 15) is 31.1 Å². The lowest BCUT2D eigenvalue weighted by Gasteiger charge is -2.20. The molecule has 0 saturated carbocycles. The number of hydrogen-bond acceptors (Lipinski definition) is 7. The van der Waals surface area contributed by atoms with Gasteiger partial charge in [0.25, 0.3) is 0 Å². The molecular formula is C13H21NO7S2-2. The summed E-state index contributed by atoms with van der Waals surface area (Å²) in [6.07, 6.45) is 0.853. The zero-order valence-electron chi connectivity index (χ0n) is 11.4. The highest BCUT2D eigenvalue weighted by molar-refractivity contribution is 7.86. The molecule has 0 N–H and O–H groups in total. The van der Waals surface area contributed by atoms with Gasteiger partial charge in [-0.15, -0.1) is 0 Å². The van der Waals surface area contributed by atoms with Crippen LogP contribution in [0.3, 0.4) is 0 Å². The van der Waals surface area contributed by atoms with E-state index in [0.717, 1.165) is 18.3 Å². The van der Waals surface area contributed by atoms with Gasteiger partial charge in [0.1, 0.15) is 20.2 Å². The maximum atomic E-state index is 11.8. The van der Waals surface area contributed by atoms with Gasteiger partial charge in [-0.05, 0) is 18.2 Å². The van der Waals surface area contributed by atoms with Crippen molar-refractivity contribution in [2.75, 3.05) is 0 Å². The highest BCUT2D eigenvalue weighted by atomic mass is 32.2. The highest BCUT2D eigenvalue weighted by Crippen LogP contribution is 2.20. The quantitative estimate of drug-likeness (QED) is 0.259. The molecule has 0 fully saturated rings. The lowest BCUT2D eigenvalue weighted by Crippen LogP contribution is -2.29. The molecule has 10 heteroatoms. The molecule has 1 rings (SSSR count). The van der Waals surface area contributed by atoms with Crippen molar-refractivity contribution < 1.29 is 30.7 Å². The number of rotatable bonds is 3. The average molecular weight is 367 g/mol. The highest BCUT2D eigenvalue weighted by Gasteiger charge is 2.20. The van der Waals surface area contributed by atoms with Crippen LogP contribution in [0.4, 0.5) is 0 Å². The van der Waals surface area contributed by atoms with Crippen LogP contribution in [0.2, 0.25) is 0 Å². The molecule has 8 nitrogen and oxygen atoms in total. The molecule has 0 spiro atoms. The van der Waals surface area contributed by atoms with Crippen LogP contribution in [-0.2, 0) is 20.2 Å². The van der Waals surface area contributed by atoms with Gasteiger partial charge in [-0.2, -0.15) is 0 Å². The minimum Gasteiger partial charge on any atom is -0.744 e. The third-order valence-electron chi connectivity index (χ3n) is 2.46. The maximum Gasteiger partial charge on any atom is 0.183 e. The summed E-state index contributed by atoms with van der Waals surface area (Å²) in [7, 11) is -9.98. The Hall–Kier alpha value is -1.49. The van der Waals surface area contributed by atoms with Crippen molar-refractivity contribution in [1.29, 1.82) is 0 Å². The van der Waals surface area contributed by atoms with E-state index in [4.69, 9.17) is 0 Å². The van der Waals surface area contributed by atoms with E-state index in [0.29, 0.717) is 10.8 Å². The minimum absolute atomic E-state index is 0. The summed E-state index contributed by atoms with van der Waals surface area (Å²) >= 11 is 0. The molecule has 0 aliphatic carbocycles. The number of hydroxylamine groups is 1. The van der Waals surface area contributed by atoms with Gasteiger partial charge in [-0.25, -0.2) is 21.6 Å². The molecule has 0 aliphatic heterocycles. The normalized spacial score (nSPS) is 13.0. The fourth-order valence-corrected chi connectivity index (χ4v) is 2.57. The van der Waals surface area contributed by atoms with Crippen LogP contribution in [0.5, 0.6) is 0 Å². The first-order chi connectivity index (χ1) is 9.23. The van der Waals surface area contributed by atoms with E-state index < -0.39 is 35.6 Å². The maximum absolute atomic E-state index is 11.8. The first-order valence-electron chi connectivity index (χ1n) is 5.60. The van der Waals surface area contributed by atoms with Gasteiger partial charge >= 0.3 is 0 Å². The Balaban J connectivity index is 0. The molecule has 0 bridgehead atoms. The van der Waals surface area contributed by atoms with Crippen LogP contribution in [0.1, 0.15) is 41.2 Å². The van der Waals surface area contributed by atoms with Crippen LogP contribution in [-0.4, -0.2) is 42.4 Å². The summed E-state index contributed by atoms with van der Waals surface area (Å²) in [6, 6.07) is 2.21. The molecule has 1 aromatic carbocycles. The van der Waals surface area contributed by atoms with Gasteiger partial charge in [0.15, 0.2) is 11.8 Å². The van der Waals surface area contributed by atoms with Gasteiger partial charge in [0.05, 0.1) is 15.4 Å². The Labute approximate surface area is 137 Å². The lowest BCUT2D eigenvalue weighted by atomic mass is 10.1. The van der Waals surface area contributed by atoms with Crippen LogP contribution < -0.4 is 0 Å². The molecule has 0 radical (unpaired) electrons. The first-order valence-corrected chi connectivity index (χ1v) is 8.42. The number of hydrogen-bond donors (Lipinski definition) is 0. The smallest absolute Gasteiger partial charge is 0.183 e. The molecule has 0 unspecified atom stereocenters. The second kappa shape index (κ2) is 7.39. The van der Waals surface area contributed by atoms with E-state index in [1.807, 2.05) is 0 Å². The summed E-state index contributed by atoms with van der Waals surface area (Å²) in [5.74, 6) is 0. The largest absolute Gasteiger partial charge is 0.744 e. The Morgan fingerprint density at radius 3 is 1.83 bits per heavy atom. The van der Waals surface area contributed by atoms with Crippen molar-refractivity contribution in [3.05, 3.63) is 29.0 Å². The first kappa shape index (κ1) is 23.8. The lowest BCUT2D eigenvalue weighted by molar-refractivity contribution is -0.530. The third kappa shape index (κ3) is 6.26. The summed E-state index contributed by atoms with van der Waals surface area (Å²) in [5.41, 5.74) is -1.19. The zero-order valence-corrected chi connectivity index (χ0v) is 13.1. The Bertz CT molecular complexity index is 788. The van der Waals surface area contributed by atoms with Crippen LogP contribution >= 0.6 is 0 Å². The topological polar surface area (TPSA) is 140 Å². The van der Waals surface area contributed by atoms with Crippen molar-refractivity contribution in [2.24, 2.45) is 0 Å². The van der Waals surface area contributed by atoms with Gasteiger partial charge in [0.2, 0.25) is 0 Å². The second-order valence-corrected chi connectivity index (χ2v) is 7.96. The van der Waals surface area contributed by atoms with Gasteiger partial charge < -0.3 is 14.3 Å². The molecule has 0 atom stereocenters. The number of benzene rings is 1. The standard InChI is InChI=1S/C11H15NO7S2.2CH4/c1-11(2,3)12(13)7-8-4-5-9(20(14,15)16)6-10(8)21(17,18)19;;/h4-7H,1-3H3,(H,14,15,16)(H,17,18,19);2*1H4/p-2/b12-7-;;. The zero-order chi connectivity index (χ0) is 16.6. The monoisotopic (exact) mass is 367 g/mol. The van der Waals surface area contributed by atoms with Crippen LogP contribution in [0.25, 0.3) is 0 Å². The van der Waals surface area contributed by atoms with E-state index in [2.05, 4.69) is 0 Å². The molecule has 23 heavy (non-hydrogen) atoms. The number of nitrogens with zero attached hydrogens (tertiary/aromatic N) is 1. The minimum atomic E-state index is -5.06. The van der Waals surface area contributed by atoms with Crippen LogP contribution in [0, 0.1) is 5.21 Å². The Morgan fingerprint density at radius 1 is 1.00 bits per heavy atom. The van der Waals surface area contributed by atoms with Gasteiger partial charge in [-0.3, -0.25) is 0 Å². The van der Waals surface area contributed by atoms with Crippen molar-refractivity contribution >= 4 is 26.5 Å². The molecule has 1 aromatic rings. The van der Waals surface area contributed by atoms with E-state index in [1.165, 1.54) is 0 Å². The van der Waals surface area contributed by atoms with Crippen molar-refractivity contribution in [3.8, 4) is 0 Å². The molecule has 0 aromatic heterocycles. The average Bonchev–Trinajstić information content (AvgIpc) is 2.25. The molecule has 0 saturated heterocycles. The van der Waals surface area contributed by atoms with E-state index in [-0.39, 0.29) is 20.4 Å². The van der Waals surface area contributed by atoms with Crippen molar-refractivity contribution in [2.45, 2.75) is 51.0 Å². The fraction of sp³-hybridized carbons (Fsp3) is 0.462. The molecule has 0 aliphatic rings. The second-order valence-electron chi connectivity index (χ2n) is 5.23. The summed E-state index contributed by atoms with van der Waals surface area (Å²) in [4.78, 5) is -1.80. The molecular weight excluding hydrogens is 346 g/mol. The Morgan fingerprint density at radius 2 is 1.48 bits per heavy atom. The van der Waals surface area contributed by atoms with Gasteiger partial charge in [0, 0.05) is 20.8 Å². The van der Waals surface area contributed by atoms with Crippen molar-refractivity contribution in [1.82, 2.24) is 0 Å².